The lowest BCUT2D eigenvalue weighted by molar-refractivity contribution is -0.113. The number of para-hydroxylation sites is 1. The Morgan fingerprint density at radius 2 is 2.09 bits per heavy atom. The number of thioether (sulfide) groups is 1. The first kappa shape index (κ1) is 16.0. The minimum absolute atomic E-state index is 0.0494. The third-order valence-corrected chi connectivity index (χ3v) is 5.97. The average Bonchev–Trinajstić information content (AvgIpc) is 3.12. The molecule has 7 nitrogen and oxygen atoms in total. The van der Waals surface area contributed by atoms with Gasteiger partial charge in [-0.2, -0.15) is 0 Å². The zero-order valence-corrected chi connectivity index (χ0v) is 13.8. The van der Waals surface area contributed by atoms with Crippen molar-refractivity contribution in [3.8, 4) is 0 Å². The van der Waals surface area contributed by atoms with Crippen LogP contribution >= 0.6 is 11.8 Å². The number of hydrogen-bond donors (Lipinski definition) is 1. The lowest BCUT2D eigenvalue weighted by atomic mass is 10.1. The first-order valence-electron chi connectivity index (χ1n) is 7.03. The number of nitrogens with one attached hydrogen (secondary N) is 1. The molecule has 1 amide bonds. The van der Waals surface area contributed by atoms with Crippen molar-refractivity contribution >= 4 is 33.2 Å². The van der Waals surface area contributed by atoms with Crippen LogP contribution in [0.4, 0.5) is 5.69 Å². The molecule has 1 aromatic heterocycles. The Bertz CT molecular complexity index is 789. The van der Waals surface area contributed by atoms with E-state index in [0.29, 0.717) is 12.3 Å². The molecule has 1 fully saturated rings. The summed E-state index contributed by atoms with van der Waals surface area (Å²) >= 11 is 1.13. The standard InChI is InChI=1S/C14H15N3O4S2/c18-12(15-11-4-2-1-3-5-11)8-22-14-17-16-13(21-14)10-6-7-23(19,20)9-10/h1-5,10H,6-9H2,(H,15,18). The molecule has 2 aromatic rings. The van der Waals surface area contributed by atoms with Crippen LogP contribution in [0.15, 0.2) is 40.0 Å². The molecule has 1 aliphatic rings. The lowest BCUT2D eigenvalue weighted by Gasteiger charge is -2.03. The van der Waals surface area contributed by atoms with Crippen molar-refractivity contribution in [2.75, 3.05) is 22.6 Å². The molecule has 1 aromatic carbocycles. The lowest BCUT2D eigenvalue weighted by Crippen LogP contribution is -2.13. The maximum Gasteiger partial charge on any atom is 0.277 e. The number of aromatic nitrogens is 2. The van der Waals surface area contributed by atoms with Crippen molar-refractivity contribution in [3.63, 3.8) is 0 Å². The van der Waals surface area contributed by atoms with E-state index < -0.39 is 9.84 Å². The maximum atomic E-state index is 11.8. The highest BCUT2D eigenvalue weighted by Gasteiger charge is 2.32. The normalized spacial score (nSPS) is 19.6. The van der Waals surface area contributed by atoms with Crippen LogP contribution in [-0.2, 0) is 14.6 Å². The molecule has 1 saturated heterocycles. The van der Waals surface area contributed by atoms with Crippen molar-refractivity contribution in [3.05, 3.63) is 36.2 Å². The van der Waals surface area contributed by atoms with Gasteiger partial charge in [0.2, 0.25) is 11.8 Å². The SMILES string of the molecule is O=C(CSc1nnc(C2CCS(=O)(=O)C2)o1)Nc1ccccc1. The van der Waals surface area contributed by atoms with Gasteiger partial charge in [0.1, 0.15) is 0 Å². The van der Waals surface area contributed by atoms with Gasteiger partial charge in [-0.05, 0) is 18.6 Å². The number of benzene rings is 1. The van der Waals surface area contributed by atoms with E-state index in [9.17, 15) is 13.2 Å². The van der Waals surface area contributed by atoms with Gasteiger partial charge in [-0.1, -0.05) is 30.0 Å². The number of carbonyl (C=O) groups is 1. The predicted molar refractivity (Wildman–Crippen MR) is 86.1 cm³/mol. The van der Waals surface area contributed by atoms with Crippen LogP contribution in [0, 0.1) is 0 Å². The summed E-state index contributed by atoms with van der Waals surface area (Å²) in [6.45, 7) is 0. The number of amides is 1. The second-order valence-corrected chi connectivity index (χ2v) is 8.36. The summed E-state index contributed by atoms with van der Waals surface area (Å²) in [4.78, 5) is 11.8. The van der Waals surface area contributed by atoms with Crippen LogP contribution in [0.25, 0.3) is 0 Å². The van der Waals surface area contributed by atoms with Gasteiger partial charge in [0, 0.05) is 5.69 Å². The molecule has 0 radical (unpaired) electrons. The van der Waals surface area contributed by atoms with Crippen LogP contribution in [0.5, 0.6) is 0 Å². The summed E-state index contributed by atoms with van der Waals surface area (Å²) in [7, 11) is -2.99. The molecule has 1 aliphatic heterocycles. The molecule has 23 heavy (non-hydrogen) atoms. The quantitative estimate of drug-likeness (QED) is 0.816. The highest BCUT2D eigenvalue weighted by atomic mass is 32.2. The summed E-state index contributed by atoms with van der Waals surface area (Å²) in [6.07, 6.45) is 0.503. The van der Waals surface area contributed by atoms with E-state index >= 15 is 0 Å². The van der Waals surface area contributed by atoms with Gasteiger partial charge in [-0.15, -0.1) is 10.2 Å². The molecule has 0 bridgehead atoms. The fourth-order valence-electron chi connectivity index (χ4n) is 2.28. The van der Waals surface area contributed by atoms with Crippen LogP contribution in [0.1, 0.15) is 18.2 Å². The van der Waals surface area contributed by atoms with E-state index in [1.54, 1.807) is 12.1 Å². The van der Waals surface area contributed by atoms with E-state index in [1.807, 2.05) is 18.2 Å². The Labute approximate surface area is 137 Å². The van der Waals surface area contributed by atoms with Crippen LogP contribution in [0.2, 0.25) is 0 Å². The van der Waals surface area contributed by atoms with Crippen molar-refractivity contribution < 1.29 is 17.6 Å². The smallest absolute Gasteiger partial charge is 0.277 e. The van der Waals surface area contributed by atoms with Gasteiger partial charge in [0.25, 0.3) is 5.22 Å². The number of nitrogens with zero attached hydrogens (tertiary/aromatic N) is 2. The molecular formula is C14H15N3O4S2. The van der Waals surface area contributed by atoms with Gasteiger partial charge in [0.15, 0.2) is 9.84 Å². The zero-order valence-electron chi connectivity index (χ0n) is 12.1. The van der Waals surface area contributed by atoms with E-state index in [0.717, 1.165) is 17.4 Å². The monoisotopic (exact) mass is 353 g/mol. The van der Waals surface area contributed by atoms with Crippen molar-refractivity contribution in [2.45, 2.75) is 17.6 Å². The first-order valence-corrected chi connectivity index (χ1v) is 9.84. The van der Waals surface area contributed by atoms with E-state index in [-0.39, 0.29) is 34.3 Å². The molecule has 0 aliphatic carbocycles. The van der Waals surface area contributed by atoms with Crippen molar-refractivity contribution in [1.29, 1.82) is 0 Å². The third kappa shape index (κ3) is 4.32. The summed E-state index contributed by atoms with van der Waals surface area (Å²) in [5, 5.41) is 10.8. The molecule has 9 heteroatoms. The maximum absolute atomic E-state index is 11.8. The molecular weight excluding hydrogens is 338 g/mol. The van der Waals surface area contributed by atoms with Crippen LogP contribution in [-0.4, -0.2) is 41.8 Å². The number of rotatable bonds is 5. The Kier molecular flexibility index (Phi) is 4.67. The fourth-order valence-corrected chi connectivity index (χ4v) is 4.58. The molecule has 122 valence electrons. The Balaban J connectivity index is 1.52. The summed E-state index contributed by atoms with van der Waals surface area (Å²) in [6, 6.07) is 9.14. The summed E-state index contributed by atoms with van der Waals surface area (Å²) in [5.41, 5.74) is 0.723. The number of sulfone groups is 1. The number of carbonyl (C=O) groups excluding carboxylic acids is 1. The molecule has 1 unspecified atom stereocenters. The molecule has 1 atom stereocenters. The minimum atomic E-state index is -2.99. The topological polar surface area (TPSA) is 102 Å². The Morgan fingerprint density at radius 1 is 1.30 bits per heavy atom. The largest absolute Gasteiger partial charge is 0.416 e. The van der Waals surface area contributed by atoms with E-state index in [4.69, 9.17) is 4.42 Å². The Hall–Kier alpha value is -1.87. The number of anilines is 1. The van der Waals surface area contributed by atoms with Gasteiger partial charge in [0.05, 0.1) is 23.2 Å². The molecule has 0 saturated carbocycles. The van der Waals surface area contributed by atoms with Crippen molar-refractivity contribution in [2.24, 2.45) is 0 Å². The summed E-state index contributed by atoms with van der Waals surface area (Å²) in [5.74, 6) is 0.261. The predicted octanol–water partition coefficient (Wildman–Crippen LogP) is 1.70. The van der Waals surface area contributed by atoms with Gasteiger partial charge < -0.3 is 9.73 Å². The van der Waals surface area contributed by atoms with Crippen molar-refractivity contribution in [1.82, 2.24) is 10.2 Å². The molecule has 1 N–H and O–H groups in total. The molecule has 0 spiro atoms. The van der Waals surface area contributed by atoms with E-state index in [1.165, 1.54) is 0 Å². The minimum Gasteiger partial charge on any atom is -0.416 e. The second-order valence-electron chi connectivity index (χ2n) is 5.21. The Morgan fingerprint density at radius 3 is 2.78 bits per heavy atom. The average molecular weight is 353 g/mol. The van der Waals surface area contributed by atoms with E-state index in [2.05, 4.69) is 15.5 Å². The highest BCUT2D eigenvalue weighted by molar-refractivity contribution is 7.99. The van der Waals surface area contributed by atoms with Gasteiger partial charge in [-0.25, -0.2) is 8.42 Å². The van der Waals surface area contributed by atoms with Gasteiger partial charge in [-0.3, -0.25) is 4.79 Å². The van der Waals surface area contributed by atoms with Crippen LogP contribution in [0.3, 0.4) is 0 Å². The van der Waals surface area contributed by atoms with Crippen LogP contribution < -0.4 is 5.32 Å². The first-order chi connectivity index (χ1) is 11.0. The zero-order chi connectivity index (χ0) is 16.3. The number of hydrogen-bond acceptors (Lipinski definition) is 7. The third-order valence-electron chi connectivity index (χ3n) is 3.39. The van der Waals surface area contributed by atoms with Gasteiger partial charge >= 0.3 is 0 Å². The molecule has 3 rings (SSSR count). The summed E-state index contributed by atoms with van der Waals surface area (Å²) < 4.78 is 28.4. The molecule has 2 heterocycles. The highest BCUT2D eigenvalue weighted by Crippen LogP contribution is 2.29. The second kappa shape index (κ2) is 6.71. The fraction of sp³-hybridized carbons (Fsp3) is 0.357.